The molecule has 4 heteroatoms. The Bertz CT molecular complexity index is 3810. The number of fused-ring (bicyclic) bond motifs is 12. The zero-order valence-electron chi connectivity index (χ0n) is 40.4. The van der Waals surface area contributed by atoms with Crippen molar-refractivity contribution in [2.24, 2.45) is 0 Å². The van der Waals surface area contributed by atoms with Gasteiger partial charge in [-0.25, -0.2) is 0 Å². The lowest BCUT2D eigenvalue weighted by molar-refractivity contribution is 0.442. The lowest BCUT2D eigenvalue weighted by Gasteiger charge is -2.28. The first-order valence-corrected chi connectivity index (χ1v) is 26.5. The van der Waals surface area contributed by atoms with Gasteiger partial charge in [-0.2, -0.15) is 0 Å². The summed E-state index contributed by atoms with van der Waals surface area (Å²) >= 11 is 0. The molecule has 2 saturated carbocycles. The quantitative estimate of drug-likeness (QED) is 0.152. The molecule has 0 saturated heterocycles. The predicted octanol–water partition coefficient (Wildman–Crippen LogP) is 20.5. The fourth-order valence-corrected chi connectivity index (χ4v) is 13.2. The highest BCUT2D eigenvalue weighted by molar-refractivity contribution is 6.15. The van der Waals surface area contributed by atoms with E-state index in [-0.39, 0.29) is 0 Å². The number of nitrogens with zero attached hydrogens (tertiary/aromatic N) is 2. The van der Waals surface area contributed by atoms with Gasteiger partial charge in [-0.1, -0.05) is 148 Å². The van der Waals surface area contributed by atoms with E-state index in [0.717, 1.165) is 67.2 Å². The molecule has 0 N–H and O–H groups in total. The van der Waals surface area contributed by atoms with E-state index >= 15 is 0 Å². The van der Waals surface area contributed by atoms with Gasteiger partial charge in [-0.3, -0.25) is 0 Å². The zero-order valence-corrected chi connectivity index (χ0v) is 40.4. The van der Waals surface area contributed by atoms with Gasteiger partial charge in [-0.05, 0) is 177 Å². The molecular formula is C68H54N2O2. The van der Waals surface area contributed by atoms with E-state index in [0.29, 0.717) is 11.8 Å². The van der Waals surface area contributed by atoms with Crippen molar-refractivity contribution in [3.63, 3.8) is 0 Å². The van der Waals surface area contributed by atoms with Gasteiger partial charge in [-0.15, -0.1) is 0 Å². The van der Waals surface area contributed by atoms with Crippen LogP contribution in [0.2, 0.25) is 0 Å². The van der Waals surface area contributed by atoms with Crippen LogP contribution < -0.4 is 9.80 Å². The molecule has 15 rings (SSSR count). The molecule has 0 amide bonds. The largest absolute Gasteiger partial charge is 0.454 e. The Balaban J connectivity index is 0.825. The topological polar surface area (TPSA) is 32.8 Å². The van der Waals surface area contributed by atoms with E-state index in [4.69, 9.17) is 8.83 Å². The van der Waals surface area contributed by atoms with Crippen LogP contribution in [0.4, 0.5) is 34.1 Å². The first kappa shape index (κ1) is 41.7. The average Bonchev–Trinajstić information content (AvgIpc) is 4.03. The van der Waals surface area contributed by atoms with Crippen molar-refractivity contribution >= 4 is 99.5 Å². The Morgan fingerprint density at radius 1 is 0.292 bits per heavy atom. The van der Waals surface area contributed by atoms with E-state index in [9.17, 15) is 0 Å². The second-order valence-corrected chi connectivity index (χ2v) is 20.8. The molecule has 12 aromatic rings. The highest BCUT2D eigenvalue weighted by Gasteiger charge is 2.28. The second kappa shape index (κ2) is 16.8. The normalized spacial score (nSPS) is 15.1. The highest BCUT2D eigenvalue weighted by atomic mass is 16.3. The molecule has 10 aromatic carbocycles. The lowest BCUT2D eigenvalue weighted by Crippen LogP contribution is -2.10. The van der Waals surface area contributed by atoms with Crippen molar-refractivity contribution in [1.29, 1.82) is 0 Å². The predicted molar refractivity (Wildman–Crippen MR) is 301 cm³/mol. The first-order valence-electron chi connectivity index (χ1n) is 26.5. The Kier molecular flexibility index (Phi) is 9.71. The number of anilines is 6. The maximum absolute atomic E-state index is 7.08. The summed E-state index contributed by atoms with van der Waals surface area (Å²) in [5, 5.41) is 9.63. The Labute approximate surface area is 419 Å². The highest BCUT2D eigenvalue weighted by Crippen LogP contribution is 2.53. The van der Waals surface area contributed by atoms with Crippen LogP contribution in [-0.2, 0) is 0 Å². The van der Waals surface area contributed by atoms with Gasteiger partial charge in [0.15, 0.2) is 11.2 Å². The SMILES string of the molecule is c1ccc(N(c2ccc3cc4c(cc3c2)-c2cc3cc(N(c5ccccc5)c5cccc6c5oc5c(C7CCCCC7)cccc56)ccc3cc2-4)c2cccc3c2oc2c(C4CCCCC4)cccc23)cc1. The van der Waals surface area contributed by atoms with Gasteiger partial charge in [0.25, 0.3) is 0 Å². The van der Waals surface area contributed by atoms with E-state index in [2.05, 4.69) is 204 Å². The third kappa shape index (κ3) is 6.65. The molecule has 348 valence electrons. The minimum absolute atomic E-state index is 0.548. The minimum atomic E-state index is 0.548. The van der Waals surface area contributed by atoms with Crippen LogP contribution in [0, 0.1) is 0 Å². The minimum Gasteiger partial charge on any atom is -0.454 e. The molecule has 2 fully saturated rings. The maximum Gasteiger partial charge on any atom is 0.159 e. The Morgan fingerprint density at radius 3 is 1.08 bits per heavy atom. The van der Waals surface area contributed by atoms with Crippen molar-refractivity contribution in [1.82, 2.24) is 0 Å². The Hall–Kier alpha value is -8.08. The molecule has 0 radical (unpaired) electrons. The summed E-state index contributed by atoms with van der Waals surface area (Å²) in [6, 6.07) is 71.9. The molecule has 0 spiro atoms. The van der Waals surface area contributed by atoms with Crippen LogP contribution in [0.3, 0.4) is 0 Å². The Morgan fingerprint density at radius 2 is 0.667 bits per heavy atom. The monoisotopic (exact) mass is 930 g/mol. The van der Waals surface area contributed by atoms with Crippen LogP contribution >= 0.6 is 0 Å². The van der Waals surface area contributed by atoms with Gasteiger partial charge >= 0.3 is 0 Å². The molecule has 3 aliphatic carbocycles. The molecule has 2 heterocycles. The van der Waals surface area contributed by atoms with Crippen LogP contribution in [0.1, 0.15) is 87.2 Å². The number of para-hydroxylation sites is 6. The molecule has 72 heavy (non-hydrogen) atoms. The third-order valence-electron chi connectivity index (χ3n) is 16.7. The van der Waals surface area contributed by atoms with Gasteiger partial charge in [0, 0.05) is 44.3 Å². The number of hydrogen-bond acceptors (Lipinski definition) is 4. The smallest absolute Gasteiger partial charge is 0.159 e. The second-order valence-electron chi connectivity index (χ2n) is 20.8. The first-order chi connectivity index (χ1) is 35.7. The molecule has 0 atom stereocenters. The molecule has 0 unspecified atom stereocenters. The van der Waals surface area contributed by atoms with Crippen LogP contribution in [-0.4, -0.2) is 0 Å². The maximum atomic E-state index is 7.08. The summed E-state index contributed by atoms with van der Waals surface area (Å²) < 4.78 is 14.2. The number of benzene rings is 10. The lowest BCUT2D eigenvalue weighted by atomic mass is 9.78. The van der Waals surface area contributed by atoms with Gasteiger partial charge in [0.05, 0.1) is 11.4 Å². The van der Waals surface area contributed by atoms with Gasteiger partial charge in [0.1, 0.15) is 11.2 Å². The summed E-state index contributed by atoms with van der Waals surface area (Å²) in [5.41, 5.74) is 18.4. The summed E-state index contributed by atoms with van der Waals surface area (Å²) in [5.74, 6) is 1.10. The fourth-order valence-electron chi connectivity index (χ4n) is 13.2. The molecule has 0 bridgehead atoms. The molecule has 0 aliphatic heterocycles. The van der Waals surface area contributed by atoms with Gasteiger partial charge < -0.3 is 18.6 Å². The van der Waals surface area contributed by atoms with Crippen LogP contribution in [0.5, 0.6) is 0 Å². The molecule has 3 aliphatic rings. The van der Waals surface area contributed by atoms with E-state index in [1.165, 1.54) is 130 Å². The van der Waals surface area contributed by atoms with Crippen LogP contribution in [0.15, 0.2) is 203 Å². The van der Waals surface area contributed by atoms with E-state index in [1.54, 1.807) is 0 Å². The van der Waals surface area contributed by atoms with Crippen molar-refractivity contribution in [3.8, 4) is 22.3 Å². The molecule has 2 aromatic heterocycles. The van der Waals surface area contributed by atoms with Crippen molar-refractivity contribution < 1.29 is 8.83 Å². The summed E-state index contributed by atoms with van der Waals surface area (Å²) in [6.07, 6.45) is 12.8. The molecular weight excluding hydrogens is 877 g/mol. The summed E-state index contributed by atoms with van der Waals surface area (Å²) in [6.45, 7) is 0. The fraction of sp³-hybridized carbons (Fsp3) is 0.176. The van der Waals surface area contributed by atoms with Crippen molar-refractivity contribution in [3.05, 3.63) is 205 Å². The number of hydrogen-bond donors (Lipinski definition) is 0. The molecule has 4 nitrogen and oxygen atoms in total. The van der Waals surface area contributed by atoms with E-state index < -0.39 is 0 Å². The third-order valence-corrected chi connectivity index (χ3v) is 16.7. The van der Waals surface area contributed by atoms with Crippen LogP contribution in [0.25, 0.3) is 87.7 Å². The van der Waals surface area contributed by atoms with Gasteiger partial charge in [0.2, 0.25) is 0 Å². The van der Waals surface area contributed by atoms with E-state index in [1.807, 2.05) is 0 Å². The van der Waals surface area contributed by atoms with Crippen molar-refractivity contribution in [2.45, 2.75) is 76.0 Å². The number of furan rings is 2. The average molecular weight is 931 g/mol. The zero-order chi connectivity index (χ0) is 47.3. The standard InChI is InChI=1S/C68H54N2O2/c1-5-17-43(18-6-1)53-25-13-27-55-57-29-15-31-63(67(57)71-65(53)55)69(49-21-9-3-10-22-49)51-35-33-45-39-59-60-40-46-34-36-52(38-48(46)42-62(60)61(59)41-47(45)37-51)70(50-23-11-4-12-24-50)64-32-16-30-58-56-28-14-26-54(66(56)72-68(58)64)44-19-7-2-8-20-44/h3-4,9-16,21-44H,1-2,5-8,17-20H2. The summed E-state index contributed by atoms with van der Waals surface area (Å²) in [4.78, 5) is 4.76. The van der Waals surface area contributed by atoms with Crippen molar-refractivity contribution in [2.75, 3.05) is 9.80 Å². The number of rotatable bonds is 8. The summed E-state index contributed by atoms with van der Waals surface area (Å²) in [7, 11) is 0.